The molecular weight excluding hydrogens is 184 g/mol. The van der Waals surface area contributed by atoms with Gasteiger partial charge in [-0.05, 0) is 13.3 Å². The molecule has 1 aromatic rings. The van der Waals surface area contributed by atoms with Gasteiger partial charge in [-0.2, -0.15) is 0 Å². The van der Waals surface area contributed by atoms with Crippen molar-refractivity contribution in [3.8, 4) is 0 Å². The molecule has 0 aliphatic carbocycles. The minimum Gasteiger partial charge on any atom is -0.385 e. The van der Waals surface area contributed by atoms with Crippen LogP contribution in [0, 0.1) is 6.92 Å². The van der Waals surface area contributed by atoms with E-state index in [4.69, 9.17) is 4.74 Å². The van der Waals surface area contributed by atoms with Crippen molar-refractivity contribution in [3.05, 3.63) is 32.6 Å². The van der Waals surface area contributed by atoms with Crippen LogP contribution < -0.4 is 11.2 Å². The molecule has 0 aromatic carbocycles. The summed E-state index contributed by atoms with van der Waals surface area (Å²) in [6.45, 7) is 2.83. The number of hydrogen-bond donors (Lipinski definition) is 1. The summed E-state index contributed by atoms with van der Waals surface area (Å²) in [5, 5.41) is 0. The standard InChI is InChI=1S/C9H14N2O3/c1-7-6-11(4-3-5-14-2)9(13)10-8(7)12/h6H,3-5H2,1-2H3,(H,10,12,13). The Morgan fingerprint density at radius 1 is 1.50 bits per heavy atom. The highest BCUT2D eigenvalue weighted by Crippen LogP contribution is 1.88. The fraction of sp³-hybridized carbons (Fsp3) is 0.556. The third-order valence-electron chi connectivity index (χ3n) is 1.94. The lowest BCUT2D eigenvalue weighted by atomic mass is 10.3. The van der Waals surface area contributed by atoms with Gasteiger partial charge in [-0.3, -0.25) is 9.78 Å². The van der Waals surface area contributed by atoms with Crippen molar-refractivity contribution in [1.82, 2.24) is 9.55 Å². The van der Waals surface area contributed by atoms with Crippen LogP contribution in [-0.2, 0) is 11.3 Å². The predicted molar refractivity (Wildman–Crippen MR) is 52.6 cm³/mol. The summed E-state index contributed by atoms with van der Waals surface area (Å²) < 4.78 is 6.35. The molecule has 0 spiro atoms. The predicted octanol–water partition coefficient (Wildman–Crippen LogP) is -0.118. The van der Waals surface area contributed by atoms with Crippen molar-refractivity contribution in [3.63, 3.8) is 0 Å². The minimum atomic E-state index is -0.364. The number of aryl methyl sites for hydroxylation is 2. The largest absolute Gasteiger partial charge is 0.385 e. The first-order chi connectivity index (χ1) is 6.65. The number of hydrogen-bond acceptors (Lipinski definition) is 3. The van der Waals surface area contributed by atoms with Crippen molar-refractivity contribution in [1.29, 1.82) is 0 Å². The fourth-order valence-electron chi connectivity index (χ4n) is 1.16. The van der Waals surface area contributed by atoms with Crippen LogP contribution in [0.4, 0.5) is 0 Å². The lowest BCUT2D eigenvalue weighted by Gasteiger charge is -2.04. The van der Waals surface area contributed by atoms with Gasteiger partial charge in [0.05, 0.1) is 0 Å². The second-order valence-electron chi connectivity index (χ2n) is 3.11. The maximum atomic E-state index is 11.3. The van der Waals surface area contributed by atoms with Crippen molar-refractivity contribution < 1.29 is 4.74 Å². The molecule has 5 nitrogen and oxygen atoms in total. The number of methoxy groups -OCH3 is 1. The Labute approximate surface area is 81.3 Å². The van der Waals surface area contributed by atoms with Crippen LogP contribution in [0.25, 0.3) is 0 Å². The highest BCUT2D eigenvalue weighted by molar-refractivity contribution is 5.00. The first kappa shape index (κ1) is 10.7. The zero-order valence-corrected chi connectivity index (χ0v) is 8.37. The van der Waals surface area contributed by atoms with Gasteiger partial charge >= 0.3 is 5.69 Å². The summed E-state index contributed by atoms with van der Waals surface area (Å²) in [5.41, 5.74) is -0.142. The lowest BCUT2D eigenvalue weighted by molar-refractivity contribution is 0.189. The Morgan fingerprint density at radius 3 is 2.86 bits per heavy atom. The molecule has 0 radical (unpaired) electrons. The van der Waals surface area contributed by atoms with E-state index in [-0.39, 0.29) is 11.2 Å². The normalized spacial score (nSPS) is 10.4. The van der Waals surface area contributed by atoms with Gasteiger partial charge in [0.15, 0.2) is 0 Å². The molecule has 5 heteroatoms. The molecule has 14 heavy (non-hydrogen) atoms. The maximum Gasteiger partial charge on any atom is 0.328 e. The molecule has 0 atom stereocenters. The molecule has 1 N–H and O–H groups in total. The SMILES string of the molecule is COCCCn1cc(C)c(=O)[nH]c1=O. The second-order valence-corrected chi connectivity index (χ2v) is 3.11. The molecule has 1 rings (SSSR count). The zero-order chi connectivity index (χ0) is 10.6. The van der Waals surface area contributed by atoms with Gasteiger partial charge in [0, 0.05) is 32.0 Å². The van der Waals surface area contributed by atoms with Gasteiger partial charge in [-0.1, -0.05) is 0 Å². The van der Waals surface area contributed by atoms with E-state index in [0.717, 1.165) is 6.42 Å². The number of aromatic nitrogens is 2. The van der Waals surface area contributed by atoms with E-state index >= 15 is 0 Å². The van der Waals surface area contributed by atoms with Crippen LogP contribution >= 0.6 is 0 Å². The van der Waals surface area contributed by atoms with E-state index in [1.165, 1.54) is 4.57 Å². The van der Waals surface area contributed by atoms with Gasteiger partial charge in [0.1, 0.15) is 0 Å². The van der Waals surface area contributed by atoms with Gasteiger partial charge in [0.25, 0.3) is 5.56 Å². The van der Waals surface area contributed by atoms with Crippen molar-refractivity contribution >= 4 is 0 Å². The molecule has 0 fully saturated rings. The molecule has 78 valence electrons. The molecule has 0 aliphatic heterocycles. The first-order valence-electron chi connectivity index (χ1n) is 4.44. The van der Waals surface area contributed by atoms with Gasteiger partial charge in [0.2, 0.25) is 0 Å². The molecule has 1 heterocycles. The second kappa shape index (κ2) is 4.76. The number of nitrogens with zero attached hydrogens (tertiary/aromatic N) is 1. The molecular formula is C9H14N2O3. The molecule has 0 bridgehead atoms. The Morgan fingerprint density at radius 2 is 2.21 bits per heavy atom. The Balaban J connectivity index is 2.82. The summed E-state index contributed by atoms with van der Waals surface area (Å²) in [7, 11) is 1.61. The van der Waals surface area contributed by atoms with Gasteiger partial charge < -0.3 is 9.30 Å². The van der Waals surface area contributed by atoms with E-state index in [1.807, 2.05) is 0 Å². The van der Waals surface area contributed by atoms with E-state index < -0.39 is 0 Å². The molecule has 1 aromatic heterocycles. The number of ether oxygens (including phenoxy) is 1. The number of aromatic amines is 1. The number of H-pyrrole nitrogens is 1. The smallest absolute Gasteiger partial charge is 0.328 e. The zero-order valence-electron chi connectivity index (χ0n) is 8.37. The van der Waals surface area contributed by atoms with Gasteiger partial charge in [-0.15, -0.1) is 0 Å². The summed E-state index contributed by atoms with van der Waals surface area (Å²) in [6.07, 6.45) is 2.32. The summed E-state index contributed by atoms with van der Waals surface area (Å²) in [6, 6.07) is 0. The van der Waals surface area contributed by atoms with Crippen molar-refractivity contribution in [2.45, 2.75) is 19.9 Å². The Kier molecular flexibility index (Phi) is 3.64. The quantitative estimate of drug-likeness (QED) is 0.686. The Hall–Kier alpha value is -1.36. The highest BCUT2D eigenvalue weighted by Gasteiger charge is 1.99. The van der Waals surface area contributed by atoms with E-state index in [9.17, 15) is 9.59 Å². The highest BCUT2D eigenvalue weighted by atomic mass is 16.5. The van der Waals surface area contributed by atoms with E-state index in [1.54, 1.807) is 20.2 Å². The van der Waals surface area contributed by atoms with Crippen LogP contribution in [0.2, 0.25) is 0 Å². The van der Waals surface area contributed by atoms with E-state index in [0.29, 0.717) is 18.7 Å². The molecule has 0 saturated heterocycles. The molecule has 0 amide bonds. The average molecular weight is 198 g/mol. The topological polar surface area (TPSA) is 64.1 Å². The molecule has 0 saturated carbocycles. The van der Waals surface area contributed by atoms with Crippen molar-refractivity contribution in [2.24, 2.45) is 0 Å². The van der Waals surface area contributed by atoms with Crippen LogP contribution in [0.15, 0.2) is 15.8 Å². The summed E-state index contributed by atoms with van der Waals surface area (Å²) >= 11 is 0. The summed E-state index contributed by atoms with van der Waals surface area (Å²) in [5.74, 6) is 0. The third-order valence-corrected chi connectivity index (χ3v) is 1.94. The molecule has 0 aliphatic rings. The number of nitrogens with one attached hydrogen (secondary N) is 1. The monoisotopic (exact) mass is 198 g/mol. The average Bonchev–Trinajstić information content (AvgIpc) is 2.14. The molecule has 0 unspecified atom stereocenters. The van der Waals surface area contributed by atoms with Crippen LogP contribution in [0.5, 0.6) is 0 Å². The Bertz CT molecular complexity index is 405. The minimum absolute atomic E-state index is 0.321. The third kappa shape index (κ3) is 2.56. The number of rotatable bonds is 4. The summed E-state index contributed by atoms with van der Waals surface area (Å²) in [4.78, 5) is 24.5. The first-order valence-corrected chi connectivity index (χ1v) is 4.44. The van der Waals surface area contributed by atoms with Gasteiger partial charge in [-0.25, -0.2) is 4.79 Å². The fourth-order valence-corrected chi connectivity index (χ4v) is 1.16. The van der Waals surface area contributed by atoms with E-state index in [2.05, 4.69) is 4.98 Å². The van der Waals surface area contributed by atoms with Crippen LogP contribution in [0.3, 0.4) is 0 Å². The van der Waals surface area contributed by atoms with Crippen LogP contribution in [0.1, 0.15) is 12.0 Å². The maximum absolute atomic E-state index is 11.3. The van der Waals surface area contributed by atoms with Crippen LogP contribution in [-0.4, -0.2) is 23.3 Å². The lowest BCUT2D eigenvalue weighted by Crippen LogP contribution is -2.31. The van der Waals surface area contributed by atoms with Crippen molar-refractivity contribution in [2.75, 3.05) is 13.7 Å².